The summed E-state index contributed by atoms with van der Waals surface area (Å²) in [5, 5.41) is 16.3. The molecule has 0 spiro atoms. The van der Waals surface area contributed by atoms with Crippen LogP contribution in [0.2, 0.25) is 0 Å². The first-order valence-corrected chi connectivity index (χ1v) is 9.38. The van der Waals surface area contributed by atoms with E-state index in [1.165, 1.54) is 25.7 Å². The van der Waals surface area contributed by atoms with Crippen LogP contribution < -0.4 is 10.6 Å². The SMILES string of the molecule is CCNC(=NCC1(CO)CC1)NCC1(CCOCC)CCCC1. The van der Waals surface area contributed by atoms with E-state index in [4.69, 9.17) is 9.73 Å². The minimum Gasteiger partial charge on any atom is -0.396 e. The van der Waals surface area contributed by atoms with E-state index < -0.39 is 0 Å². The second-order valence-electron chi connectivity index (χ2n) is 7.36. The average molecular weight is 325 g/mol. The van der Waals surface area contributed by atoms with E-state index in [1.54, 1.807) is 0 Å². The van der Waals surface area contributed by atoms with Crippen molar-refractivity contribution >= 4 is 5.96 Å². The monoisotopic (exact) mass is 325 g/mol. The van der Waals surface area contributed by atoms with E-state index in [2.05, 4.69) is 24.5 Å². The molecule has 0 atom stereocenters. The molecular weight excluding hydrogens is 290 g/mol. The van der Waals surface area contributed by atoms with Gasteiger partial charge in [-0.3, -0.25) is 4.99 Å². The minimum atomic E-state index is 0.0718. The zero-order valence-corrected chi connectivity index (χ0v) is 15.0. The first kappa shape index (κ1) is 18.5. The molecule has 0 aromatic rings. The summed E-state index contributed by atoms with van der Waals surface area (Å²) in [6.07, 6.45) is 8.56. The summed E-state index contributed by atoms with van der Waals surface area (Å²) in [4.78, 5) is 4.71. The molecule has 2 saturated carbocycles. The van der Waals surface area contributed by atoms with E-state index in [0.717, 1.165) is 58.1 Å². The Morgan fingerprint density at radius 2 is 1.83 bits per heavy atom. The summed E-state index contributed by atoms with van der Waals surface area (Å²) in [5.41, 5.74) is 0.433. The lowest BCUT2D eigenvalue weighted by Gasteiger charge is -2.30. The Bertz CT molecular complexity index is 374. The van der Waals surface area contributed by atoms with Gasteiger partial charge in [0.05, 0.1) is 13.2 Å². The Morgan fingerprint density at radius 3 is 2.39 bits per heavy atom. The summed E-state index contributed by atoms with van der Waals surface area (Å²) >= 11 is 0. The minimum absolute atomic E-state index is 0.0718. The lowest BCUT2D eigenvalue weighted by Crippen LogP contribution is -2.43. The number of guanidine groups is 1. The smallest absolute Gasteiger partial charge is 0.191 e. The van der Waals surface area contributed by atoms with Gasteiger partial charge in [-0.05, 0) is 51.4 Å². The van der Waals surface area contributed by atoms with E-state index in [1.807, 2.05) is 0 Å². The van der Waals surface area contributed by atoms with Crippen molar-refractivity contribution in [3.63, 3.8) is 0 Å². The number of aliphatic imine (C=N–C) groups is 1. The summed E-state index contributed by atoms with van der Waals surface area (Å²) in [6.45, 7) is 8.64. The van der Waals surface area contributed by atoms with Gasteiger partial charge >= 0.3 is 0 Å². The lowest BCUT2D eigenvalue weighted by molar-refractivity contribution is 0.105. The molecule has 23 heavy (non-hydrogen) atoms. The number of ether oxygens (including phenoxy) is 1. The fraction of sp³-hybridized carbons (Fsp3) is 0.944. The van der Waals surface area contributed by atoms with Gasteiger partial charge in [0.15, 0.2) is 5.96 Å². The molecule has 0 radical (unpaired) electrons. The molecule has 5 nitrogen and oxygen atoms in total. The van der Waals surface area contributed by atoms with E-state index >= 15 is 0 Å². The maximum Gasteiger partial charge on any atom is 0.191 e. The standard InChI is InChI=1S/C18H35N3O2/c1-3-19-16(21-14-18(15-22)9-10-18)20-13-17(7-5-6-8-17)11-12-23-4-2/h22H,3-15H2,1-2H3,(H2,19,20,21). The predicted molar refractivity (Wildman–Crippen MR) is 94.7 cm³/mol. The highest BCUT2D eigenvalue weighted by Gasteiger charge is 2.42. The zero-order chi connectivity index (χ0) is 16.6. The highest BCUT2D eigenvalue weighted by atomic mass is 16.5. The number of hydrogen-bond donors (Lipinski definition) is 3. The van der Waals surface area contributed by atoms with E-state index in [9.17, 15) is 5.11 Å². The first-order chi connectivity index (χ1) is 11.2. The van der Waals surface area contributed by atoms with Crippen molar-refractivity contribution in [3.05, 3.63) is 0 Å². The highest BCUT2D eigenvalue weighted by Crippen LogP contribution is 2.45. The molecule has 0 aromatic carbocycles. The molecular formula is C18H35N3O2. The van der Waals surface area contributed by atoms with Crippen LogP contribution in [0.4, 0.5) is 0 Å². The number of nitrogens with one attached hydrogen (secondary N) is 2. The predicted octanol–water partition coefficient (Wildman–Crippen LogP) is 2.30. The second-order valence-corrected chi connectivity index (χ2v) is 7.36. The van der Waals surface area contributed by atoms with Gasteiger partial charge < -0.3 is 20.5 Å². The summed E-state index contributed by atoms with van der Waals surface area (Å²) < 4.78 is 5.59. The third-order valence-electron chi connectivity index (χ3n) is 5.49. The van der Waals surface area contributed by atoms with Crippen LogP contribution in [-0.2, 0) is 4.74 Å². The van der Waals surface area contributed by atoms with Gasteiger partial charge in [-0.1, -0.05) is 12.8 Å². The number of aliphatic hydroxyl groups excluding tert-OH is 1. The molecule has 0 aromatic heterocycles. The van der Waals surface area contributed by atoms with Crippen molar-refractivity contribution < 1.29 is 9.84 Å². The van der Waals surface area contributed by atoms with Crippen LogP contribution in [0.1, 0.15) is 58.8 Å². The Balaban J connectivity index is 1.86. The van der Waals surface area contributed by atoms with Gasteiger partial charge in [-0.2, -0.15) is 0 Å². The normalized spacial score (nSPS) is 22.1. The molecule has 0 aliphatic heterocycles. The van der Waals surface area contributed by atoms with Crippen LogP contribution in [-0.4, -0.2) is 50.5 Å². The Hall–Kier alpha value is -0.810. The maximum atomic E-state index is 9.44. The molecule has 134 valence electrons. The Kier molecular flexibility index (Phi) is 7.15. The molecule has 0 unspecified atom stereocenters. The van der Waals surface area contributed by atoms with Crippen LogP contribution in [0.25, 0.3) is 0 Å². The van der Waals surface area contributed by atoms with Gasteiger partial charge in [0, 0.05) is 31.7 Å². The van der Waals surface area contributed by atoms with Crippen molar-refractivity contribution in [2.24, 2.45) is 15.8 Å². The molecule has 0 saturated heterocycles. The van der Waals surface area contributed by atoms with E-state index in [0.29, 0.717) is 5.41 Å². The maximum absolute atomic E-state index is 9.44. The number of aliphatic hydroxyl groups is 1. The van der Waals surface area contributed by atoms with Gasteiger partial charge in [0.25, 0.3) is 0 Å². The van der Waals surface area contributed by atoms with Gasteiger partial charge in [0.2, 0.25) is 0 Å². The second kappa shape index (κ2) is 8.88. The topological polar surface area (TPSA) is 65.9 Å². The van der Waals surface area contributed by atoms with Gasteiger partial charge in [-0.25, -0.2) is 0 Å². The van der Waals surface area contributed by atoms with Crippen LogP contribution in [0.5, 0.6) is 0 Å². The van der Waals surface area contributed by atoms with Crippen LogP contribution in [0, 0.1) is 10.8 Å². The summed E-state index contributed by atoms with van der Waals surface area (Å²) in [5.74, 6) is 0.898. The lowest BCUT2D eigenvalue weighted by atomic mass is 9.83. The molecule has 3 N–H and O–H groups in total. The fourth-order valence-corrected chi connectivity index (χ4v) is 3.48. The molecule has 2 rings (SSSR count). The Morgan fingerprint density at radius 1 is 1.09 bits per heavy atom. The Labute approximate surface area is 141 Å². The van der Waals surface area contributed by atoms with Crippen molar-refractivity contribution in [2.75, 3.05) is 39.5 Å². The summed E-state index contributed by atoms with van der Waals surface area (Å²) in [7, 11) is 0. The van der Waals surface area contributed by atoms with Gasteiger partial charge in [0.1, 0.15) is 0 Å². The molecule has 0 amide bonds. The quantitative estimate of drug-likeness (QED) is 0.328. The third kappa shape index (κ3) is 5.64. The largest absolute Gasteiger partial charge is 0.396 e. The molecule has 0 bridgehead atoms. The third-order valence-corrected chi connectivity index (χ3v) is 5.49. The van der Waals surface area contributed by atoms with Crippen molar-refractivity contribution in [3.8, 4) is 0 Å². The fourth-order valence-electron chi connectivity index (χ4n) is 3.48. The van der Waals surface area contributed by atoms with Gasteiger partial charge in [-0.15, -0.1) is 0 Å². The number of rotatable bonds is 10. The number of nitrogens with zero attached hydrogens (tertiary/aromatic N) is 1. The molecule has 5 heteroatoms. The van der Waals surface area contributed by atoms with Crippen molar-refractivity contribution in [1.82, 2.24) is 10.6 Å². The molecule has 0 heterocycles. The molecule has 2 aliphatic carbocycles. The highest BCUT2D eigenvalue weighted by molar-refractivity contribution is 5.79. The number of hydrogen-bond acceptors (Lipinski definition) is 3. The summed E-state index contributed by atoms with van der Waals surface area (Å²) in [6, 6.07) is 0. The zero-order valence-electron chi connectivity index (χ0n) is 15.0. The first-order valence-electron chi connectivity index (χ1n) is 9.38. The van der Waals surface area contributed by atoms with Crippen molar-refractivity contribution in [2.45, 2.75) is 58.8 Å². The molecule has 2 aliphatic rings. The van der Waals surface area contributed by atoms with Crippen LogP contribution in [0.15, 0.2) is 4.99 Å². The van der Waals surface area contributed by atoms with Crippen LogP contribution >= 0.6 is 0 Å². The van der Waals surface area contributed by atoms with E-state index in [-0.39, 0.29) is 12.0 Å². The molecule has 2 fully saturated rings. The van der Waals surface area contributed by atoms with Crippen molar-refractivity contribution in [1.29, 1.82) is 0 Å². The average Bonchev–Trinajstić information content (AvgIpc) is 3.21. The van der Waals surface area contributed by atoms with Crippen LogP contribution in [0.3, 0.4) is 0 Å².